The molecule has 2 fully saturated rings. The molecule has 0 N–H and O–H groups in total. The molecule has 6 rings (SSSR count). The van der Waals surface area contributed by atoms with E-state index >= 15 is 0 Å². The van der Waals surface area contributed by atoms with Gasteiger partial charge in [0, 0.05) is 33.9 Å². The van der Waals surface area contributed by atoms with E-state index in [4.69, 9.17) is 27.9 Å². The minimum atomic E-state index is -0.759. The first-order chi connectivity index (χ1) is 18.3. The fraction of sp³-hybridized carbons (Fsp3) is 0.308. The van der Waals surface area contributed by atoms with Gasteiger partial charge >= 0.3 is 4.87 Å². The number of anilines is 1. The number of rotatable bonds is 4. The number of ether oxygens (including phenoxy) is 1. The van der Waals surface area contributed by atoms with Gasteiger partial charge in [0.2, 0.25) is 17.7 Å². The Morgan fingerprint density at radius 2 is 1.55 bits per heavy atom. The molecule has 0 radical (unpaired) electrons. The maximum Gasteiger partial charge on any atom is 0.308 e. The first kappa shape index (κ1) is 25.6. The Hall–Kier alpha value is -2.63. The lowest BCUT2D eigenvalue weighted by atomic mass is 9.83. The van der Waals surface area contributed by atoms with Crippen LogP contribution in [0.2, 0.25) is 10.0 Å². The number of fused-ring (bicyclic) bond motifs is 2. The molecule has 0 spiro atoms. The number of hydrogen-bond donors (Lipinski definition) is 0. The van der Waals surface area contributed by atoms with E-state index in [9.17, 15) is 19.2 Å². The van der Waals surface area contributed by atoms with Crippen molar-refractivity contribution in [1.29, 1.82) is 0 Å². The molecular formula is C26H21Cl2N3O5S2. The minimum Gasteiger partial charge on any atom is -0.378 e. The molecule has 0 aliphatic carbocycles. The predicted molar refractivity (Wildman–Crippen MR) is 146 cm³/mol. The summed E-state index contributed by atoms with van der Waals surface area (Å²) in [4.78, 5) is 57.1. The molecule has 3 aromatic rings. The van der Waals surface area contributed by atoms with Crippen molar-refractivity contribution in [3.8, 4) is 0 Å². The molecule has 3 amide bonds. The Bertz CT molecular complexity index is 1480. The summed E-state index contributed by atoms with van der Waals surface area (Å²) in [6.45, 7) is 1.71. The highest BCUT2D eigenvalue weighted by atomic mass is 35.5. The molecular weight excluding hydrogens is 569 g/mol. The summed E-state index contributed by atoms with van der Waals surface area (Å²) in [6.07, 6.45) is 0. The fourth-order valence-corrected chi connectivity index (χ4v) is 8.20. The number of thiazole rings is 1. The van der Waals surface area contributed by atoms with Gasteiger partial charge in [-0.05, 0) is 42.0 Å². The van der Waals surface area contributed by atoms with Crippen molar-refractivity contribution < 1.29 is 19.1 Å². The van der Waals surface area contributed by atoms with E-state index in [2.05, 4.69) is 0 Å². The van der Waals surface area contributed by atoms with Crippen LogP contribution in [0.25, 0.3) is 0 Å². The monoisotopic (exact) mass is 589 g/mol. The summed E-state index contributed by atoms with van der Waals surface area (Å²) in [5.41, 5.74) is 1.22. The van der Waals surface area contributed by atoms with E-state index in [1.807, 2.05) is 12.1 Å². The number of imide groups is 1. The number of halogens is 2. The lowest BCUT2D eigenvalue weighted by molar-refractivity contribution is -0.136. The first-order valence-electron chi connectivity index (χ1n) is 12.0. The Kier molecular flexibility index (Phi) is 6.86. The second kappa shape index (κ2) is 10.2. The number of benzene rings is 2. The van der Waals surface area contributed by atoms with E-state index in [-0.39, 0.29) is 29.1 Å². The summed E-state index contributed by atoms with van der Waals surface area (Å²) in [5.74, 6) is -2.14. The highest BCUT2D eigenvalue weighted by Gasteiger charge is 2.56. The minimum absolute atomic E-state index is 0.134. The molecule has 4 heterocycles. The molecule has 3 atom stereocenters. The van der Waals surface area contributed by atoms with E-state index < -0.39 is 17.1 Å². The number of nitrogens with zero attached hydrogens (tertiary/aromatic N) is 3. The maximum atomic E-state index is 13.9. The molecule has 0 saturated carbocycles. The summed E-state index contributed by atoms with van der Waals surface area (Å²) >= 11 is 14.4. The van der Waals surface area contributed by atoms with Crippen molar-refractivity contribution in [2.75, 3.05) is 31.2 Å². The summed E-state index contributed by atoms with van der Waals surface area (Å²) in [7, 11) is 0. The van der Waals surface area contributed by atoms with Gasteiger partial charge < -0.3 is 9.64 Å². The molecule has 0 unspecified atom stereocenters. The Morgan fingerprint density at radius 1 is 0.921 bits per heavy atom. The van der Waals surface area contributed by atoms with E-state index in [1.54, 1.807) is 41.3 Å². The third-order valence-electron chi connectivity index (χ3n) is 7.02. The molecule has 8 nitrogen and oxygen atoms in total. The zero-order chi connectivity index (χ0) is 26.6. The van der Waals surface area contributed by atoms with Gasteiger partial charge in [-0.3, -0.25) is 23.7 Å². The van der Waals surface area contributed by atoms with E-state index in [0.717, 1.165) is 16.9 Å². The molecule has 2 saturated heterocycles. The van der Waals surface area contributed by atoms with Crippen LogP contribution in [0, 0.1) is 5.92 Å². The van der Waals surface area contributed by atoms with Crippen LogP contribution >= 0.6 is 46.3 Å². The number of aromatic nitrogens is 1. The molecule has 3 aliphatic heterocycles. The Morgan fingerprint density at radius 3 is 2.21 bits per heavy atom. The zero-order valence-electron chi connectivity index (χ0n) is 19.8. The normalized spacial score (nSPS) is 22.9. The van der Waals surface area contributed by atoms with Crippen molar-refractivity contribution in [3.05, 3.63) is 78.7 Å². The average Bonchev–Trinajstić information content (AvgIpc) is 3.36. The summed E-state index contributed by atoms with van der Waals surface area (Å²) in [6, 6.07) is 13.7. The standard InChI is InChI=1S/C26H21Cl2N3O5S2/c27-15-3-1-14(2-4-15)19-20-21(24(34)31(23(20)33)17-7-5-16(28)6-8-17)37-25-22(19)38-26(35)30(25)13-18(32)29-9-11-36-12-10-29/h1-8,19-21H,9-13H2/t19-,20+,21-/m0/s1. The van der Waals surface area contributed by atoms with Crippen LogP contribution in [-0.4, -0.2) is 58.7 Å². The van der Waals surface area contributed by atoms with Gasteiger partial charge in [0.15, 0.2) is 0 Å². The fourth-order valence-electron chi connectivity index (χ4n) is 5.18. The quantitative estimate of drug-likeness (QED) is 0.429. The summed E-state index contributed by atoms with van der Waals surface area (Å²) < 4.78 is 6.79. The van der Waals surface area contributed by atoms with Crippen LogP contribution in [0.15, 0.2) is 58.4 Å². The van der Waals surface area contributed by atoms with Crippen molar-refractivity contribution in [2.24, 2.45) is 5.92 Å². The largest absolute Gasteiger partial charge is 0.378 e. The number of hydrogen-bond acceptors (Lipinski definition) is 7. The molecule has 12 heteroatoms. The maximum absolute atomic E-state index is 13.9. The topological polar surface area (TPSA) is 88.9 Å². The van der Waals surface area contributed by atoms with Crippen LogP contribution in [0.5, 0.6) is 0 Å². The number of thioether (sulfide) groups is 1. The molecule has 0 bridgehead atoms. The van der Waals surface area contributed by atoms with Gasteiger partial charge in [0.25, 0.3) is 0 Å². The van der Waals surface area contributed by atoms with Crippen LogP contribution < -0.4 is 9.77 Å². The predicted octanol–water partition coefficient (Wildman–Crippen LogP) is 3.87. The summed E-state index contributed by atoms with van der Waals surface area (Å²) in [5, 5.41) is 0.830. The number of amides is 3. The van der Waals surface area contributed by atoms with E-state index in [0.29, 0.717) is 51.9 Å². The SMILES string of the molecule is O=C(Cn1c2c(sc1=O)[C@@H](c1ccc(Cl)cc1)[C@H]1C(=O)N(c3ccc(Cl)cc3)C(=O)[C@H]1S2)N1CCOCC1. The molecule has 1 aromatic heterocycles. The Balaban J connectivity index is 1.43. The van der Waals surface area contributed by atoms with Crippen LogP contribution in [0.4, 0.5) is 5.69 Å². The lowest BCUT2D eigenvalue weighted by Crippen LogP contribution is -2.43. The number of morpholine rings is 1. The van der Waals surface area contributed by atoms with Crippen LogP contribution in [0.1, 0.15) is 16.4 Å². The molecule has 196 valence electrons. The molecule has 38 heavy (non-hydrogen) atoms. The van der Waals surface area contributed by atoms with Crippen LogP contribution in [0.3, 0.4) is 0 Å². The second-order valence-corrected chi connectivity index (χ2v) is 12.2. The van der Waals surface area contributed by atoms with E-state index in [1.165, 1.54) is 21.2 Å². The highest BCUT2D eigenvalue weighted by Crippen LogP contribution is 2.54. The zero-order valence-corrected chi connectivity index (χ0v) is 23.0. The van der Waals surface area contributed by atoms with Gasteiger partial charge in [-0.2, -0.15) is 0 Å². The number of carbonyl (C=O) groups excluding carboxylic acids is 3. The first-order valence-corrected chi connectivity index (χ1v) is 14.4. The van der Waals surface area contributed by atoms with Gasteiger partial charge in [0.05, 0.1) is 29.8 Å². The third-order valence-corrected chi connectivity index (χ3v) is 10.1. The van der Waals surface area contributed by atoms with Crippen LogP contribution in [-0.2, 0) is 25.7 Å². The highest BCUT2D eigenvalue weighted by molar-refractivity contribution is 8.00. The van der Waals surface area contributed by atoms with Crippen molar-refractivity contribution in [2.45, 2.75) is 22.7 Å². The lowest BCUT2D eigenvalue weighted by Gasteiger charge is -2.31. The molecule has 3 aliphatic rings. The van der Waals surface area contributed by atoms with Crippen molar-refractivity contribution >= 4 is 69.7 Å². The van der Waals surface area contributed by atoms with Gasteiger partial charge in [-0.25, -0.2) is 4.90 Å². The van der Waals surface area contributed by atoms with Gasteiger partial charge in [-0.15, -0.1) is 0 Å². The second-order valence-electron chi connectivity index (χ2n) is 9.20. The average molecular weight is 591 g/mol. The third kappa shape index (κ3) is 4.38. The smallest absolute Gasteiger partial charge is 0.308 e. The van der Waals surface area contributed by atoms with Crippen molar-refractivity contribution in [3.63, 3.8) is 0 Å². The number of carbonyl (C=O) groups is 3. The van der Waals surface area contributed by atoms with Crippen molar-refractivity contribution in [1.82, 2.24) is 9.47 Å². The van der Waals surface area contributed by atoms with Gasteiger partial charge in [0.1, 0.15) is 11.8 Å². The molecule has 2 aromatic carbocycles. The Labute approximate surface area is 236 Å². The van der Waals surface area contributed by atoms with Gasteiger partial charge in [-0.1, -0.05) is 58.4 Å².